The van der Waals surface area contributed by atoms with E-state index in [-0.39, 0.29) is 5.41 Å². The summed E-state index contributed by atoms with van der Waals surface area (Å²) in [5.41, 5.74) is 2.86. The molecule has 2 heterocycles. The maximum absolute atomic E-state index is 10.9. The number of amides is 1. The molecule has 18 heavy (non-hydrogen) atoms. The normalized spacial score (nSPS) is 21.2. The summed E-state index contributed by atoms with van der Waals surface area (Å²) in [6, 6.07) is 8.42. The number of rotatable bonds is 0. The summed E-state index contributed by atoms with van der Waals surface area (Å²) in [6.45, 7) is 2.30. The van der Waals surface area contributed by atoms with Crippen LogP contribution < -0.4 is 5.32 Å². The van der Waals surface area contributed by atoms with Crippen LogP contribution in [0.2, 0.25) is 0 Å². The molecule has 4 heteroatoms. The van der Waals surface area contributed by atoms with Crippen LogP contribution in [0, 0.1) is 5.41 Å². The van der Waals surface area contributed by atoms with Gasteiger partial charge in [0.05, 0.1) is 0 Å². The smallest absolute Gasteiger partial charge is 0.407 e. The van der Waals surface area contributed by atoms with Crippen LogP contribution in [0.25, 0.3) is 0 Å². The number of nitrogens with zero attached hydrogens (tertiary/aromatic N) is 1. The van der Waals surface area contributed by atoms with E-state index in [1.165, 1.54) is 16.2 Å². The Morgan fingerprint density at radius 1 is 1.28 bits per heavy atom. The lowest BCUT2D eigenvalue weighted by atomic mass is 9.71. The molecular weight excluding hydrogens is 228 g/mol. The van der Waals surface area contributed by atoms with Gasteiger partial charge in [-0.1, -0.05) is 18.2 Å². The predicted octanol–water partition coefficient (Wildman–Crippen LogP) is 2.41. The van der Waals surface area contributed by atoms with Crippen molar-refractivity contribution in [3.8, 4) is 0 Å². The topological polar surface area (TPSA) is 52.6 Å². The van der Waals surface area contributed by atoms with Gasteiger partial charge < -0.3 is 15.3 Å². The van der Waals surface area contributed by atoms with Gasteiger partial charge in [0.1, 0.15) is 0 Å². The minimum absolute atomic E-state index is 0.250. The summed E-state index contributed by atoms with van der Waals surface area (Å²) in [6.07, 6.45) is 2.21. The van der Waals surface area contributed by atoms with Crippen molar-refractivity contribution in [1.29, 1.82) is 0 Å². The van der Waals surface area contributed by atoms with Gasteiger partial charge in [0.25, 0.3) is 0 Å². The Bertz CT molecular complexity index is 465. The monoisotopic (exact) mass is 246 g/mol. The molecule has 0 saturated carbocycles. The molecule has 1 aromatic carbocycles. The zero-order valence-electron chi connectivity index (χ0n) is 10.4. The third-order valence-corrected chi connectivity index (χ3v) is 4.33. The average molecular weight is 246 g/mol. The molecule has 2 N–H and O–H groups in total. The van der Waals surface area contributed by atoms with Gasteiger partial charge in [-0.2, -0.15) is 0 Å². The second-order valence-corrected chi connectivity index (χ2v) is 5.46. The van der Waals surface area contributed by atoms with E-state index in [1.807, 2.05) is 0 Å². The summed E-state index contributed by atoms with van der Waals surface area (Å²) >= 11 is 0. The first kappa shape index (κ1) is 11.4. The highest BCUT2D eigenvalue weighted by Gasteiger charge is 2.38. The van der Waals surface area contributed by atoms with Crippen molar-refractivity contribution < 1.29 is 9.90 Å². The van der Waals surface area contributed by atoms with Crippen molar-refractivity contribution in [2.45, 2.75) is 19.3 Å². The zero-order valence-corrected chi connectivity index (χ0v) is 10.4. The summed E-state index contributed by atoms with van der Waals surface area (Å²) in [4.78, 5) is 12.5. The van der Waals surface area contributed by atoms with Crippen LogP contribution >= 0.6 is 0 Å². The maximum Gasteiger partial charge on any atom is 0.407 e. The number of benzene rings is 1. The largest absolute Gasteiger partial charge is 0.465 e. The lowest BCUT2D eigenvalue weighted by Crippen LogP contribution is -2.47. The predicted molar refractivity (Wildman–Crippen MR) is 69.9 cm³/mol. The molecule has 1 spiro atoms. The summed E-state index contributed by atoms with van der Waals surface area (Å²) in [7, 11) is 0. The first-order valence-electron chi connectivity index (χ1n) is 6.48. The van der Waals surface area contributed by atoms with Gasteiger partial charge in [0, 0.05) is 25.3 Å². The van der Waals surface area contributed by atoms with Crippen LogP contribution in [0.4, 0.5) is 10.5 Å². The molecule has 2 aliphatic rings. The van der Waals surface area contributed by atoms with Crippen molar-refractivity contribution in [3.05, 3.63) is 29.8 Å². The van der Waals surface area contributed by atoms with E-state index in [9.17, 15) is 4.79 Å². The minimum atomic E-state index is -0.783. The second kappa shape index (κ2) is 4.19. The Morgan fingerprint density at radius 2 is 2.00 bits per heavy atom. The number of carboxylic acid groups (broad SMARTS) is 1. The highest BCUT2D eigenvalue weighted by molar-refractivity contribution is 5.65. The van der Waals surface area contributed by atoms with Crippen LogP contribution in [-0.2, 0) is 6.42 Å². The number of nitrogens with one attached hydrogen (secondary N) is 1. The summed E-state index contributed by atoms with van der Waals surface area (Å²) < 4.78 is 0. The molecule has 3 rings (SSSR count). The van der Waals surface area contributed by atoms with Gasteiger partial charge in [-0.3, -0.25) is 0 Å². The van der Waals surface area contributed by atoms with Crippen molar-refractivity contribution >= 4 is 11.8 Å². The molecule has 1 aromatic rings. The van der Waals surface area contributed by atoms with Crippen molar-refractivity contribution in [2.24, 2.45) is 5.41 Å². The minimum Gasteiger partial charge on any atom is -0.465 e. The van der Waals surface area contributed by atoms with E-state index in [2.05, 4.69) is 29.6 Å². The molecule has 0 aromatic heterocycles. The maximum atomic E-state index is 10.9. The van der Waals surface area contributed by atoms with E-state index >= 15 is 0 Å². The molecule has 0 bridgehead atoms. The molecule has 1 saturated heterocycles. The molecule has 96 valence electrons. The van der Waals surface area contributed by atoms with Crippen LogP contribution in [-0.4, -0.2) is 35.7 Å². The van der Waals surface area contributed by atoms with Crippen LogP contribution in [0.15, 0.2) is 24.3 Å². The highest BCUT2D eigenvalue weighted by Crippen LogP contribution is 2.40. The van der Waals surface area contributed by atoms with Gasteiger partial charge in [-0.05, 0) is 36.3 Å². The van der Waals surface area contributed by atoms with Gasteiger partial charge in [0.15, 0.2) is 0 Å². The van der Waals surface area contributed by atoms with Crippen molar-refractivity contribution in [2.75, 3.05) is 25.0 Å². The molecule has 1 fully saturated rings. The Balaban J connectivity index is 1.74. The molecule has 1 amide bonds. The van der Waals surface area contributed by atoms with Gasteiger partial charge >= 0.3 is 6.09 Å². The number of para-hydroxylation sites is 1. The summed E-state index contributed by atoms with van der Waals surface area (Å²) in [5.74, 6) is 0. The van der Waals surface area contributed by atoms with E-state index in [1.54, 1.807) is 0 Å². The third-order valence-electron chi connectivity index (χ3n) is 4.33. The number of hydrogen-bond acceptors (Lipinski definition) is 2. The second-order valence-electron chi connectivity index (χ2n) is 5.46. The molecule has 4 nitrogen and oxygen atoms in total. The first-order valence-corrected chi connectivity index (χ1v) is 6.48. The Morgan fingerprint density at radius 3 is 2.72 bits per heavy atom. The van der Waals surface area contributed by atoms with Crippen LogP contribution in [0.5, 0.6) is 0 Å². The average Bonchev–Trinajstić information content (AvgIpc) is 2.39. The van der Waals surface area contributed by atoms with Crippen LogP contribution in [0.3, 0.4) is 0 Å². The third kappa shape index (κ3) is 1.92. The van der Waals surface area contributed by atoms with Crippen molar-refractivity contribution in [1.82, 2.24) is 4.90 Å². The fourth-order valence-corrected chi connectivity index (χ4v) is 3.12. The Hall–Kier alpha value is -1.71. The lowest BCUT2D eigenvalue weighted by Gasteiger charge is -2.44. The number of piperidine rings is 1. The molecule has 0 unspecified atom stereocenters. The zero-order chi connectivity index (χ0) is 12.6. The Labute approximate surface area is 107 Å². The fraction of sp³-hybridized carbons (Fsp3) is 0.500. The SMILES string of the molecule is O=C(O)N1CCC2(CC1)CNc1ccccc1C2. The lowest BCUT2D eigenvalue weighted by molar-refractivity contribution is 0.0933. The molecule has 0 radical (unpaired) electrons. The summed E-state index contributed by atoms with van der Waals surface area (Å²) in [5, 5.41) is 12.5. The van der Waals surface area contributed by atoms with Gasteiger partial charge in [-0.15, -0.1) is 0 Å². The number of likely N-dealkylation sites (tertiary alicyclic amines) is 1. The van der Waals surface area contributed by atoms with Gasteiger partial charge in [0.2, 0.25) is 0 Å². The van der Waals surface area contributed by atoms with Crippen LogP contribution in [0.1, 0.15) is 18.4 Å². The number of anilines is 1. The van der Waals surface area contributed by atoms with E-state index in [4.69, 9.17) is 5.11 Å². The molecular formula is C14H18N2O2. The fourth-order valence-electron chi connectivity index (χ4n) is 3.12. The molecule has 0 atom stereocenters. The number of fused-ring (bicyclic) bond motifs is 1. The first-order chi connectivity index (χ1) is 8.69. The number of hydrogen-bond donors (Lipinski definition) is 2. The molecule has 0 aliphatic carbocycles. The van der Waals surface area contributed by atoms with Gasteiger partial charge in [-0.25, -0.2) is 4.79 Å². The highest BCUT2D eigenvalue weighted by atomic mass is 16.4. The van der Waals surface area contributed by atoms with E-state index < -0.39 is 6.09 Å². The standard InChI is InChI=1S/C14H18N2O2/c17-13(18)16-7-5-14(6-8-16)9-11-3-1-2-4-12(11)15-10-14/h1-4,15H,5-10H2,(H,17,18). The molecule has 2 aliphatic heterocycles. The van der Waals surface area contributed by atoms with E-state index in [0.29, 0.717) is 13.1 Å². The van der Waals surface area contributed by atoms with E-state index in [0.717, 1.165) is 25.8 Å². The quantitative estimate of drug-likeness (QED) is 0.739. The van der Waals surface area contributed by atoms with Crippen molar-refractivity contribution in [3.63, 3.8) is 0 Å². The Kier molecular flexibility index (Phi) is 2.65. The number of carbonyl (C=O) groups is 1.